The van der Waals surface area contributed by atoms with Crippen molar-refractivity contribution in [2.75, 3.05) is 12.3 Å². The van der Waals surface area contributed by atoms with Crippen LogP contribution in [0.5, 0.6) is 0 Å². The Kier molecular flexibility index (Phi) is 6.65. The summed E-state index contributed by atoms with van der Waals surface area (Å²) >= 11 is 0. The Balaban J connectivity index is 2.43. The van der Waals surface area contributed by atoms with Gasteiger partial charge in [0.1, 0.15) is 0 Å². The fraction of sp³-hybridized carbons (Fsp3) is 0.429. The highest BCUT2D eigenvalue weighted by Crippen LogP contribution is 2.36. The molecule has 0 fully saturated rings. The van der Waals surface area contributed by atoms with E-state index in [1.54, 1.807) is 0 Å². The van der Waals surface area contributed by atoms with Crippen molar-refractivity contribution >= 4 is 27.7 Å². The first-order valence-electron chi connectivity index (χ1n) is 8.59. The molecule has 0 bridgehead atoms. The van der Waals surface area contributed by atoms with Crippen molar-refractivity contribution in [2.24, 2.45) is 16.7 Å². The molecule has 0 amide bonds. The van der Waals surface area contributed by atoms with Gasteiger partial charge in [-0.3, -0.25) is 0 Å². The molecule has 0 aliphatic heterocycles. The average Bonchev–Trinajstić information content (AvgIpc) is 2.71. The predicted molar refractivity (Wildman–Crippen MR) is 121 cm³/mol. The van der Waals surface area contributed by atoms with E-state index in [0.717, 1.165) is 12.3 Å². The van der Waals surface area contributed by atoms with Crippen LogP contribution in [0.1, 0.15) is 27.7 Å². The lowest BCUT2D eigenvalue weighted by atomic mass is 9.85. The van der Waals surface area contributed by atoms with Gasteiger partial charge in [0.15, 0.2) is 0 Å². The fourth-order valence-electron chi connectivity index (χ4n) is 3.29. The molecule has 0 N–H and O–H groups in total. The Morgan fingerprint density at radius 1 is 0.750 bits per heavy atom. The molecule has 0 heterocycles. The molecule has 0 saturated heterocycles. The Labute approximate surface area is 155 Å². The van der Waals surface area contributed by atoms with Gasteiger partial charge in [-0.15, -0.1) is 27.7 Å². The van der Waals surface area contributed by atoms with Crippen LogP contribution in [0.2, 0.25) is 0 Å². The van der Waals surface area contributed by atoms with E-state index < -0.39 is 0 Å². The molecule has 2 aliphatic carbocycles. The molecule has 0 saturated carbocycles. The highest BCUT2D eigenvalue weighted by atomic mass is 31.0. The predicted octanol–water partition coefficient (Wildman–Crippen LogP) is 6.08. The maximum absolute atomic E-state index is 2.89. The van der Waals surface area contributed by atoms with Crippen molar-refractivity contribution in [2.45, 2.75) is 27.7 Å². The highest BCUT2D eigenvalue weighted by Gasteiger charge is 2.21. The summed E-state index contributed by atoms with van der Waals surface area (Å²) in [6, 6.07) is 0. The minimum absolute atomic E-state index is 0.0500. The lowest BCUT2D eigenvalue weighted by Gasteiger charge is -2.21. The van der Waals surface area contributed by atoms with Crippen LogP contribution in [0.4, 0.5) is 0 Å². The zero-order valence-electron chi connectivity index (χ0n) is 15.3. The number of rotatable bonds is 4. The molecule has 0 aromatic rings. The molecule has 0 nitrogen and oxygen atoms in total. The van der Waals surface area contributed by atoms with E-state index in [1.165, 1.54) is 22.0 Å². The van der Waals surface area contributed by atoms with Crippen molar-refractivity contribution in [3.8, 4) is 0 Å². The van der Waals surface area contributed by atoms with E-state index in [1.807, 2.05) is 0 Å². The summed E-state index contributed by atoms with van der Waals surface area (Å²) < 4.78 is 0. The van der Waals surface area contributed by atoms with Crippen LogP contribution >= 0.6 is 27.7 Å². The van der Waals surface area contributed by atoms with Crippen LogP contribution in [0, 0.1) is 16.7 Å². The molecule has 0 spiro atoms. The molecule has 3 heteroatoms. The van der Waals surface area contributed by atoms with Crippen LogP contribution in [-0.4, -0.2) is 12.3 Å². The second-order valence-corrected chi connectivity index (χ2v) is 9.58. The quantitative estimate of drug-likeness (QED) is 0.522. The minimum atomic E-state index is 0.0500. The zero-order valence-corrected chi connectivity index (χ0v) is 18.8. The van der Waals surface area contributed by atoms with Gasteiger partial charge in [0, 0.05) is 10.8 Å². The van der Waals surface area contributed by atoms with Gasteiger partial charge in [-0.1, -0.05) is 76.3 Å². The van der Waals surface area contributed by atoms with Gasteiger partial charge >= 0.3 is 0 Å². The summed E-state index contributed by atoms with van der Waals surface area (Å²) in [5, 5.41) is 1.24. The van der Waals surface area contributed by atoms with Gasteiger partial charge in [0.05, 0.1) is 0 Å². The first-order chi connectivity index (χ1) is 11.2. The van der Waals surface area contributed by atoms with Gasteiger partial charge in [0.25, 0.3) is 0 Å². The Hall–Kier alpha value is -0.270. The third-order valence-corrected chi connectivity index (χ3v) is 5.91. The average molecular weight is 376 g/mol. The van der Waals surface area contributed by atoms with Crippen molar-refractivity contribution < 1.29 is 0 Å². The minimum Gasteiger partial charge on any atom is -0.137 e. The Morgan fingerprint density at radius 2 is 1.25 bits per heavy atom. The molecule has 130 valence electrons. The number of hydrogen-bond donors (Lipinski definition) is 0. The maximum atomic E-state index is 2.89. The summed E-state index contributed by atoms with van der Waals surface area (Å²) in [5.41, 5.74) is 4.17. The van der Waals surface area contributed by atoms with Crippen LogP contribution in [0.25, 0.3) is 0 Å². The third-order valence-electron chi connectivity index (χ3n) is 4.42. The third kappa shape index (κ3) is 5.36. The molecule has 0 aromatic carbocycles. The van der Waals surface area contributed by atoms with Gasteiger partial charge in [-0.2, -0.15) is 0 Å². The molecule has 2 aliphatic rings. The van der Waals surface area contributed by atoms with Crippen molar-refractivity contribution in [1.82, 2.24) is 0 Å². The van der Waals surface area contributed by atoms with Crippen LogP contribution in [-0.2, 0) is 0 Å². The first kappa shape index (κ1) is 20.0. The summed E-state index contributed by atoms with van der Waals surface area (Å²) in [4.78, 5) is 0. The smallest absolute Gasteiger partial charge is 0.00228 e. The second kappa shape index (κ2) is 7.96. The van der Waals surface area contributed by atoms with Crippen LogP contribution in [0.3, 0.4) is 0 Å². The second-order valence-electron chi connectivity index (χ2n) is 7.97. The number of allylic oxidation sites excluding steroid dienone is 12. The molecule has 2 rings (SSSR count). The Bertz CT molecular complexity index is 663. The van der Waals surface area contributed by atoms with E-state index in [2.05, 4.69) is 104 Å². The molecule has 3 atom stereocenters. The van der Waals surface area contributed by atoms with Crippen molar-refractivity contribution in [3.05, 3.63) is 70.6 Å². The maximum Gasteiger partial charge on any atom is 0.00228 e. The normalized spacial score (nSPS) is 22.3. The summed E-state index contributed by atoms with van der Waals surface area (Å²) in [5.74, 6) is 0.582. The monoisotopic (exact) mass is 376 g/mol. The van der Waals surface area contributed by atoms with Crippen LogP contribution < -0.4 is 0 Å². The van der Waals surface area contributed by atoms with E-state index in [-0.39, 0.29) is 10.8 Å². The lowest BCUT2D eigenvalue weighted by molar-refractivity contribution is 0.608. The highest BCUT2D eigenvalue weighted by molar-refractivity contribution is 7.22. The van der Waals surface area contributed by atoms with Crippen molar-refractivity contribution in [1.29, 1.82) is 0 Å². The number of hydrogen-bond acceptors (Lipinski definition) is 0. The molecule has 0 aromatic heterocycles. The van der Waals surface area contributed by atoms with Gasteiger partial charge < -0.3 is 0 Å². The largest absolute Gasteiger partial charge is 0.137 e. The topological polar surface area (TPSA) is 0 Å². The van der Waals surface area contributed by atoms with Crippen LogP contribution in [0.15, 0.2) is 70.6 Å². The molecular weight excluding hydrogens is 345 g/mol. The van der Waals surface area contributed by atoms with E-state index >= 15 is 0 Å². The van der Waals surface area contributed by atoms with Gasteiger partial charge in [-0.25, -0.2) is 0 Å². The summed E-state index contributed by atoms with van der Waals surface area (Å²) in [6.45, 7) is 9.12. The SMILES string of the molecule is CC1(C)C=C(P)C=CC(C2=CC(C)(C)C=C(C(CP)CP)C=C2)=C1. The van der Waals surface area contributed by atoms with E-state index in [9.17, 15) is 0 Å². The van der Waals surface area contributed by atoms with Gasteiger partial charge in [0.2, 0.25) is 0 Å². The summed E-state index contributed by atoms with van der Waals surface area (Å²) in [7, 11) is 8.61. The fourth-order valence-corrected chi connectivity index (χ4v) is 5.13. The van der Waals surface area contributed by atoms with Gasteiger partial charge in [-0.05, 0) is 40.3 Å². The lowest BCUT2D eigenvalue weighted by Crippen LogP contribution is -2.10. The van der Waals surface area contributed by atoms with E-state index in [0.29, 0.717) is 5.92 Å². The first-order valence-corrected chi connectivity index (χ1v) is 10.8. The summed E-state index contributed by atoms with van der Waals surface area (Å²) in [6.07, 6.45) is 20.8. The molecule has 3 unspecified atom stereocenters. The Morgan fingerprint density at radius 3 is 1.79 bits per heavy atom. The zero-order chi connectivity index (χ0) is 18.0. The molecular formula is C21H31P3. The standard InChI is InChI=1S/C21H31P3/c1-20(2)9-15(5-6-17(11-20)18(13-22)14-23)16-7-8-19(24)12-21(3,4)10-16/h5-12,18H,13-14,22-24H2,1-4H3. The van der Waals surface area contributed by atoms with E-state index in [4.69, 9.17) is 0 Å². The van der Waals surface area contributed by atoms with Crippen molar-refractivity contribution in [3.63, 3.8) is 0 Å². The molecule has 0 radical (unpaired) electrons. The molecule has 24 heavy (non-hydrogen) atoms.